The molecule has 0 radical (unpaired) electrons. The molecule has 0 amide bonds. The van der Waals surface area contributed by atoms with Crippen molar-refractivity contribution in [1.82, 2.24) is 0 Å². The predicted octanol–water partition coefficient (Wildman–Crippen LogP) is 3.27. The van der Waals surface area contributed by atoms with Crippen molar-refractivity contribution in [2.75, 3.05) is 12.0 Å². The van der Waals surface area contributed by atoms with Crippen molar-refractivity contribution >= 4 is 23.4 Å². The normalized spacial score (nSPS) is 12.8. The third kappa shape index (κ3) is 4.45. The lowest BCUT2D eigenvalue weighted by molar-refractivity contribution is 0.652. The van der Waals surface area contributed by atoms with Crippen molar-refractivity contribution in [2.24, 2.45) is 5.73 Å². The summed E-state index contributed by atoms with van der Waals surface area (Å²) < 4.78 is 0. The van der Waals surface area contributed by atoms with E-state index in [4.69, 9.17) is 17.3 Å². The van der Waals surface area contributed by atoms with E-state index >= 15 is 0 Å². The van der Waals surface area contributed by atoms with E-state index in [-0.39, 0.29) is 6.04 Å². The van der Waals surface area contributed by atoms with Crippen LogP contribution in [0.2, 0.25) is 5.02 Å². The highest BCUT2D eigenvalue weighted by Crippen LogP contribution is 2.19. The highest BCUT2D eigenvalue weighted by Gasteiger charge is 2.06. The summed E-state index contributed by atoms with van der Waals surface area (Å²) in [4.78, 5) is 0. The van der Waals surface area contributed by atoms with E-state index in [1.54, 1.807) is 0 Å². The third-order valence-electron chi connectivity index (χ3n) is 2.38. The number of hydrogen-bond acceptors (Lipinski definition) is 2. The van der Waals surface area contributed by atoms with E-state index in [9.17, 15) is 0 Å². The summed E-state index contributed by atoms with van der Waals surface area (Å²) in [6.07, 6.45) is 4.02. The third-order valence-corrected chi connectivity index (χ3v) is 3.38. The Balaban J connectivity index is 2.56. The molecule has 1 atom stereocenters. The largest absolute Gasteiger partial charge is 0.327 e. The Labute approximate surface area is 101 Å². The van der Waals surface area contributed by atoms with Gasteiger partial charge in [-0.25, -0.2) is 0 Å². The van der Waals surface area contributed by atoms with Crippen molar-refractivity contribution < 1.29 is 0 Å². The first-order chi connectivity index (χ1) is 7.13. The van der Waals surface area contributed by atoms with E-state index in [1.165, 1.54) is 5.56 Å². The van der Waals surface area contributed by atoms with Gasteiger partial charge in [0, 0.05) is 11.1 Å². The first-order valence-electron chi connectivity index (χ1n) is 5.13. The molecule has 0 fully saturated rings. The lowest BCUT2D eigenvalue weighted by Gasteiger charge is -2.12. The minimum atomic E-state index is 0.220. The zero-order chi connectivity index (χ0) is 11.3. The SMILES string of the molecule is CSCCC(N)Cc1ccc(C)cc1Cl. The minimum Gasteiger partial charge on any atom is -0.327 e. The Hall–Kier alpha value is -0.180. The topological polar surface area (TPSA) is 26.0 Å². The van der Waals surface area contributed by atoms with Gasteiger partial charge in [-0.15, -0.1) is 0 Å². The van der Waals surface area contributed by atoms with Gasteiger partial charge in [-0.3, -0.25) is 0 Å². The van der Waals surface area contributed by atoms with Crippen molar-refractivity contribution in [3.8, 4) is 0 Å². The van der Waals surface area contributed by atoms with Crippen LogP contribution < -0.4 is 5.73 Å². The van der Waals surface area contributed by atoms with Crippen LogP contribution >= 0.6 is 23.4 Å². The van der Waals surface area contributed by atoms with Crippen molar-refractivity contribution in [2.45, 2.75) is 25.8 Å². The van der Waals surface area contributed by atoms with Gasteiger partial charge < -0.3 is 5.73 Å². The number of aryl methyl sites for hydroxylation is 1. The minimum absolute atomic E-state index is 0.220. The Morgan fingerprint density at radius 2 is 2.20 bits per heavy atom. The molecule has 1 nitrogen and oxygen atoms in total. The van der Waals surface area contributed by atoms with Gasteiger partial charge in [-0.1, -0.05) is 23.7 Å². The molecule has 1 rings (SSSR count). The summed E-state index contributed by atoms with van der Waals surface area (Å²) in [6, 6.07) is 6.38. The molecule has 0 heterocycles. The molecule has 1 aromatic rings. The van der Waals surface area contributed by atoms with Crippen LogP contribution in [0.15, 0.2) is 18.2 Å². The van der Waals surface area contributed by atoms with Crippen LogP contribution in [0.3, 0.4) is 0 Å². The van der Waals surface area contributed by atoms with E-state index < -0.39 is 0 Å². The molecule has 0 aliphatic carbocycles. The smallest absolute Gasteiger partial charge is 0.0441 e. The second kappa shape index (κ2) is 6.41. The van der Waals surface area contributed by atoms with Gasteiger partial charge in [0.25, 0.3) is 0 Å². The van der Waals surface area contributed by atoms with Crippen molar-refractivity contribution in [3.05, 3.63) is 34.3 Å². The molecule has 0 aliphatic heterocycles. The monoisotopic (exact) mass is 243 g/mol. The van der Waals surface area contributed by atoms with E-state index in [1.807, 2.05) is 24.8 Å². The molecule has 0 spiro atoms. The van der Waals surface area contributed by atoms with Gasteiger partial charge in [0.05, 0.1) is 0 Å². The Bertz CT molecular complexity index is 314. The number of nitrogens with two attached hydrogens (primary N) is 1. The molecule has 84 valence electrons. The van der Waals surface area contributed by atoms with Crippen LogP contribution in [0.1, 0.15) is 17.5 Å². The summed E-state index contributed by atoms with van der Waals surface area (Å²) in [6.45, 7) is 2.04. The summed E-state index contributed by atoms with van der Waals surface area (Å²) in [5.41, 5.74) is 8.39. The van der Waals surface area contributed by atoms with Crippen molar-refractivity contribution in [3.63, 3.8) is 0 Å². The fourth-order valence-electron chi connectivity index (χ4n) is 1.47. The first-order valence-corrected chi connectivity index (χ1v) is 6.90. The maximum Gasteiger partial charge on any atom is 0.0441 e. The maximum atomic E-state index is 6.15. The molecule has 3 heteroatoms. The molecule has 0 bridgehead atoms. The quantitative estimate of drug-likeness (QED) is 0.859. The standard InChI is InChI=1S/C12H18ClNS/c1-9-3-4-10(12(13)7-9)8-11(14)5-6-15-2/h3-4,7,11H,5-6,8,14H2,1-2H3. The summed E-state index contributed by atoms with van der Waals surface area (Å²) >= 11 is 7.98. The Morgan fingerprint density at radius 1 is 1.47 bits per heavy atom. The molecule has 15 heavy (non-hydrogen) atoms. The average Bonchev–Trinajstić information content (AvgIpc) is 2.19. The lowest BCUT2D eigenvalue weighted by atomic mass is 10.0. The molecular weight excluding hydrogens is 226 g/mol. The van der Waals surface area contributed by atoms with Gasteiger partial charge in [-0.05, 0) is 49.0 Å². The zero-order valence-corrected chi connectivity index (χ0v) is 10.9. The number of halogens is 1. The van der Waals surface area contributed by atoms with Crippen LogP contribution in [0, 0.1) is 6.92 Å². The van der Waals surface area contributed by atoms with Crippen LogP contribution in [-0.2, 0) is 6.42 Å². The highest BCUT2D eigenvalue weighted by atomic mass is 35.5. The highest BCUT2D eigenvalue weighted by molar-refractivity contribution is 7.98. The van der Waals surface area contributed by atoms with Gasteiger partial charge >= 0.3 is 0 Å². The van der Waals surface area contributed by atoms with Crippen LogP contribution in [-0.4, -0.2) is 18.1 Å². The fourth-order valence-corrected chi connectivity index (χ4v) is 2.32. The van der Waals surface area contributed by atoms with Gasteiger partial charge in [0.1, 0.15) is 0 Å². The van der Waals surface area contributed by atoms with Gasteiger partial charge in [0.2, 0.25) is 0 Å². The number of hydrogen-bond donors (Lipinski definition) is 1. The number of benzene rings is 1. The Kier molecular flexibility index (Phi) is 5.51. The van der Waals surface area contributed by atoms with Crippen LogP contribution in [0.4, 0.5) is 0 Å². The number of thioether (sulfide) groups is 1. The molecular formula is C12H18ClNS. The molecule has 2 N–H and O–H groups in total. The summed E-state index contributed by atoms with van der Waals surface area (Å²) in [5, 5.41) is 0.842. The summed E-state index contributed by atoms with van der Waals surface area (Å²) in [5.74, 6) is 1.12. The fraction of sp³-hybridized carbons (Fsp3) is 0.500. The Morgan fingerprint density at radius 3 is 2.80 bits per heavy atom. The second-order valence-corrected chi connectivity index (χ2v) is 5.23. The molecule has 1 unspecified atom stereocenters. The maximum absolute atomic E-state index is 6.15. The predicted molar refractivity (Wildman–Crippen MR) is 70.9 cm³/mol. The molecule has 1 aromatic carbocycles. The van der Waals surface area contributed by atoms with E-state index in [0.717, 1.165) is 29.2 Å². The van der Waals surface area contributed by atoms with Crippen LogP contribution in [0.5, 0.6) is 0 Å². The molecule has 0 aromatic heterocycles. The van der Waals surface area contributed by atoms with E-state index in [2.05, 4.69) is 18.4 Å². The summed E-state index contributed by atoms with van der Waals surface area (Å²) in [7, 11) is 0. The number of rotatable bonds is 5. The second-order valence-electron chi connectivity index (χ2n) is 3.84. The molecule has 0 saturated heterocycles. The zero-order valence-electron chi connectivity index (χ0n) is 9.29. The first kappa shape index (κ1) is 12.9. The van der Waals surface area contributed by atoms with Crippen molar-refractivity contribution in [1.29, 1.82) is 0 Å². The average molecular weight is 244 g/mol. The molecule has 0 saturated carbocycles. The molecule has 0 aliphatic rings. The van der Waals surface area contributed by atoms with Gasteiger partial charge in [-0.2, -0.15) is 11.8 Å². The lowest BCUT2D eigenvalue weighted by Crippen LogP contribution is -2.23. The van der Waals surface area contributed by atoms with Crippen LogP contribution in [0.25, 0.3) is 0 Å². The van der Waals surface area contributed by atoms with E-state index in [0.29, 0.717) is 0 Å². The van der Waals surface area contributed by atoms with Gasteiger partial charge in [0.15, 0.2) is 0 Å².